The Morgan fingerprint density at radius 2 is 2.35 bits per heavy atom. The Morgan fingerprint density at radius 1 is 1.50 bits per heavy atom. The van der Waals surface area contributed by atoms with Gasteiger partial charge in [0.25, 0.3) is 0 Å². The van der Waals surface area contributed by atoms with E-state index < -0.39 is 11.4 Å². The van der Waals surface area contributed by atoms with Crippen LogP contribution >= 0.6 is 0 Å². The van der Waals surface area contributed by atoms with Gasteiger partial charge in [-0.1, -0.05) is 6.07 Å². The summed E-state index contributed by atoms with van der Waals surface area (Å²) in [5.41, 5.74) is -0.194. The SMILES string of the molecule is O=C(O)C1(Cc2cn3ccccc3n2)COCCC1=O. The number of carbonyl (C=O) groups excluding carboxylic acids is 1. The number of imidazole rings is 1. The number of carboxylic acid groups (broad SMARTS) is 1. The molecule has 3 rings (SSSR count). The molecule has 2 aromatic heterocycles. The molecular weight excluding hydrogens is 260 g/mol. The van der Waals surface area contributed by atoms with E-state index in [1.165, 1.54) is 0 Å². The van der Waals surface area contributed by atoms with Crippen molar-refractivity contribution in [2.75, 3.05) is 13.2 Å². The van der Waals surface area contributed by atoms with Crippen LogP contribution in [0.5, 0.6) is 0 Å². The molecule has 1 saturated heterocycles. The third-order valence-corrected chi connectivity index (χ3v) is 3.66. The van der Waals surface area contributed by atoms with Crippen molar-refractivity contribution < 1.29 is 19.4 Å². The van der Waals surface area contributed by atoms with E-state index in [1.54, 1.807) is 10.6 Å². The van der Waals surface area contributed by atoms with Crippen molar-refractivity contribution in [2.24, 2.45) is 5.41 Å². The Balaban J connectivity index is 1.97. The molecule has 0 aliphatic carbocycles. The number of Topliss-reactive ketones (excluding diaryl/α,β-unsaturated/α-hetero) is 1. The first-order valence-corrected chi connectivity index (χ1v) is 6.39. The molecule has 1 aliphatic heterocycles. The minimum Gasteiger partial charge on any atom is -0.480 e. The summed E-state index contributed by atoms with van der Waals surface area (Å²) in [6, 6.07) is 5.55. The average Bonchev–Trinajstić information content (AvgIpc) is 2.83. The number of aromatic nitrogens is 2. The second-order valence-electron chi connectivity index (χ2n) is 4.99. The maximum atomic E-state index is 12.1. The van der Waals surface area contributed by atoms with Crippen molar-refractivity contribution in [1.29, 1.82) is 0 Å². The molecule has 1 atom stereocenters. The second kappa shape index (κ2) is 4.72. The molecule has 1 N–H and O–H groups in total. The van der Waals surface area contributed by atoms with E-state index in [2.05, 4.69) is 4.98 Å². The minimum atomic E-state index is -1.50. The summed E-state index contributed by atoms with van der Waals surface area (Å²) in [6.07, 6.45) is 3.78. The van der Waals surface area contributed by atoms with Gasteiger partial charge in [0, 0.05) is 25.2 Å². The topological polar surface area (TPSA) is 80.9 Å². The number of rotatable bonds is 3. The van der Waals surface area contributed by atoms with Gasteiger partial charge in [-0.3, -0.25) is 9.59 Å². The fourth-order valence-corrected chi connectivity index (χ4v) is 2.52. The number of pyridine rings is 1. The first-order valence-electron chi connectivity index (χ1n) is 6.39. The molecule has 2 aromatic rings. The Bertz CT molecular complexity index is 646. The molecule has 1 aliphatic rings. The molecule has 0 amide bonds. The van der Waals surface area contributed by atoms with E-state index in [9.17, 15) is 14.7 Å². The van der Waals surface area contributed by atoms with Gasteiger partial charge in [0.1, 0.15) is 5.65 Å². The van der Waals surface area contributed by atoms with Crippen molar-refractivity contribution in [3.05, 3.63) is 36.3 Å². The van der Waals surface area contributed by atoms with Crippen molar-refractivity contribution in [3.8, 4) is 0 Å². The molecule has 0 saturated carbocycles. The van der Waals surface area contributed by atoms with Crippen LogP contribution in [-0.4, -0.2) is 39.5 Å². The van der Waals surface area contributed by atoms with Crippen LogP contribution in [0.1, 0.15) is 12.1 Å². The lowest BCUT2D eigenvalue weighted by molar-refractivity contribution is -0.164. The van der Waals surface area contributed by atoms with Crippen molar-refractivity contribution in [1.82, 2.24) is 9.38 Å². The smallest absolute Gasteiger partial charge is 0.319 e. The number of hydrogen-bond donors (Lipinski definition) is 1. The van der Waals surface area contributed by atoms with Crippen LogP contribution in [0.2, 0.25) is 0 Å². The summed E-state index contributed by atoms with van der Waals surface area (Å²) in [5, 5.41) is 9.46. The van der Waals surface area contributed by atoms with Gasteiger partial charge in [-0.15, -0.1) is 0 Å². The number of ether oxygens (including phenoxy) is 1. The van der Waals surface area contributed by atoms with Crippen LogP contribution in [0, 0.1) is 5.41 Å². The minimum absolute atomic E-state index is 0.0584. The highest BCUT2D eigenvalue weighted by Gasteiger charge is 2.48. The summed E-state index contributed by atoms with van der Waals surface area (Å²) < 4.78 is 7.03. The second-order valence-corrected chi connectivity index (χ2v) is 4.99. The number of hydrogen-bond acceptors (Lipinski definition) is 4. The molecule has 0 radical (unpaired) electrons. The quantitative estimate of drug-likeness (QED) is 0.842. The lowest BCUT2D eigenvalue weighted by atomic mass is 9.77. The van der Waals surface area contributed by atoms with E-state index in [4.69, 9.17) is 4.74 Å². The van der Waals surface area contributed by atoms with Crippen molar-refractivity contribution in [3.63, 3.8) is 0 Å². The van der Waals surface area contributed by atoms with Gasteiger partial charge in [0.2, 0.25) is 0 Å². The average molecular weight is 274 g/mol. The predicted molar refractivity (Wildman–Crippen MR) is 69.4 cm³/mol. The highest BCUT2D eigenvalue weighted by Crippen LogP contribution is 2.30. The van der Waals surface area contributed by atoms with Gasteiger partial charge < -0.3 is 14.2 Å². The number of nitrogens with zero attached hydrogens (tertiary/aromatic N) is 2. The molecule has 0 aromatic carbocycles. The van der Waals surface area contributed by atoms with Crippen LogP contribution in [0.15, 0.2) is 30.6 Å². The van der Waals surface area contributed by atoms with E-state index in [0.29, 0.717) is 12.3 Å². The van der Waals surface area contributed by atoms with Crippen molar-refractivity contribution >= 4 is 17.4 Å². The summed E-state index contributed by atoms with van der Waals surface area (Å²) >= 11 is 0. The van der Waals surface area contributed by atoms with Gasteiger partial charge >= 0.3 is 5.97 Å². The molecule has 1 fully saturated rings. The molecule has 0 bridgehead atoms. The van der Waals surface area contributed by atoms with Gasteiger partial charge in [0.05, 0.1) is 18.9 Å². The van der Waals surface area contributed by atoms with Crippen LogP contribution in [0.4, 0.5) is 0 Å². The van der Waals surface area contributed by atoms with Crippen LogP contribution < -0.4 is 0 Å². The van der Waals surface area contributed by atoms with E-state index in [-0.39, 0.29) is 25.2 Å². The maximum absolute atomic E-state index is 12.1. The van der Waals surface area contributed by atoms with Crippen LogP contribution in [0.25, 0.3) is 5.65 Å². The Morgan fingerprint density at radius 3 is 3.05 bits per heavy atom. The van der Waals surface area contributed by atoms with Crippen molar-refractivity contribution in [2.45, 2.75) is 12.8 Å². The first-order chi connectivity index (χ1) is 9.62. The number of carbonyl (C=O) groups is 2. The highest BCUT2D eigenvalue weighted by molar-refractivity contribution is 6.04. The predicted octanol–water partition coefficient (Wildman–Crippen LogP) is 0.937. The monoisotopic (exact) mass is 274 g/mol. The normalized spacial score (nSPS) is 23.1. The summed E-state index contributed by atoms with van der Waals surface area (Å²) in [5.74, 6) is -1.42. The third kappa shape index (κ3) is 1.98. The maximum Gasteiger partial charge on any atom is 0.319 e. The molecule has 104 valence electrons. The standard InChI is InChI=1S/C14H14N2O4/c17-11-4-6-20-9-14(11,13(18)19)7-10-8-16-5-2-1-3-12(16)15-10/h1-3,5,8H,4,6-7,9H2,(H,18,19). The van der Waals surface area contributed by atoms with Gasteiger partial charge in [-0.05, 0) is 12.1 Å². The Labute approximate surface area is 115 Å². The summed E-state index contributed by atoms with van der Waals surface area (Å²) in [7, 11) is 0. The first kappa shape index (κ1) is 12.8. The number of carboxylic acids is 1. The molecular formula is C14H14N2O4. The summed E-state index contributed by atoms with van der Waals surface area (Å²) in [6.45, 7) is 0.202. The fraction of sp³-hybridized carbons (Fsp3) is 0.357. The number of fused-ring (bicyclic) bond motifs is 1. The van der Waals surface area contributed by atoms with Crippen LogP contribution in [0.3, 0.4) is 0 Å². The Kier molecular flexibility index (Phi) is 3.02. The molecule has 3 heterocycles. The zero-order chi connectivity index (χ0) is 14.2. The lowest BCUT2D eigenvalue weighted by Crippen LogP contribution is -2.48. The van der Waals surface area contributed by atoms with Gasteiger partial charge in [-0.2, -0.15) is 0 Å². The molecule has 20 heavy (non-hydrogen) atoms. The highest BCUT2D eigenvalue weighted by atomic mass is 16.5. The third-order valence-electron chi connectivity index (χ3n) is 3.66. The summed E-state index contributed by atoms with van der Waals surface area (Å²) in [4.78, 5) is 28.0. The van der Waals surface area contributed by atoms with E-state index in [0.717, 1.165) is 5.65 Å². The molecule has 1 unspecified atom stereocenters. The number of ketones is 1. The van der Waals surface area contributed by atoms with E-state index in [1.807, 2.05) is 24.4 Å². The zero-order valence-corrected chi connectivity index (χ0v) is 10.8. The van der Waals surface area contributed by atoms with E-state index >= 15 is 0 Å². The Hall–Kier alpha value is -2.21. The zero-order valence-electron chi connectivity index (χ0n) is 10.8. The van der Waals surface area contributed by atoms with Crippen LogP contribution in [-0.2, 0) is 20.7 Å². The molecule has 0 spiro atoms. The largest absolute Gasteiger partial charge is 0.480 e. The fourth-order valence-electron chi connectivity index (χ4n) is 2.52. The lowest BCUT2D eigenvalue weighted by Gasteiger charge is -2.30. The van der Waals surface area contributed by atoms with Gasteiger partial charge in [-0.25, -0.2) is 4.98 Å². The van der Waals surface area contributed by atoms with Gasteiger partial charge in [0.15, 0.2) is 11.2 Å². The molecule has 6 heteroatoms. The number of aliphatic carboxylic acids is 1. The molecule has 6 nitrogen and oxygen atoms in total.